The molecule has 0 bridgehead atoms. The van der Waals surface area contributed by atoms with E-state index in [9.17, 15) is 13.2 Å². The number of sulfonamides is 1. The monoisotopic (exact) mass is 271 g/mol. The number of aliphatic carboxylic acids is 1. The van der Waals surface area contributed by atoms with Crippen molar-refractivity contribution in [2.75, 3.05) is 0 Å². The van der Waals surface area contributed by atoms with E-state index in [-0.39, 0.29) is 10.8 Å². The van der Waals surface area contributed by atoms with Gasteiger partial charge < -0.3 is 5.11 Å². The van der Waals surface area contributed by atoms with Crippen molar-refractivity contribution < 1.29 is 18.3 Å². The van der Waals surface area contributed by atoms with Crippen molar-refractivity contribution in [3.8, 4) is 0 Å². The fourth-order valence-electron chi connectivity index (χ4n) is 1.48. The van der Waals surface area contributed by atoms with E-state index in [1.807, 2.05) is 6.92 Å². The van der Waals surface area contributed by atoms with E-state index >= 15 is 0 Å². The first kappa shape index (κ1) is 14.7. The third-order valence-electron chi connectivity index (χ3n) is 2.81. The first-order valence-corrected chi connectivity index (χ1v) is 7.17. The van der Waals surface area contributed by atoms with Crippen LogP contribution in [0.3, 0.4) is 0 Å². The standard InChI is InChI=1S/C12H17NO4S/c1-3-9(2)11(12(14)15)13-18(16,17)10-7-5-4-6-8-10/h4-9,11,13H,3H2,1-2H3,(H,14,15). The van der Waals surface area contributed by atoms with E-state index in [2.05, 4.69) is 4.72 Å². The van der Waals surface area contributed by atoms with Crippen LogP contribution in [0.15, 0.2) is 35.2 Å². The second kappa shape index (κ2) is 5.97. The van der Waals surface area contributed by atoms with E-state index in [4.69, 9.17) is 5.11 Å². The molecule has 0 aliphatic carbocycles. The lowest BCUT2D eigenvalue weighted by Crippen LogP contribution is -2.44. The summed E-state index contributed by atoms with van der Waals surface area (Å²) in [6.45, 7) is 3.52. The molecule has 2 unspecified atom stereocenters. The van der Waals surface area contributed by atoms with Crippen LogP contribution in [0.4, 0.5) is 0 Å². The zero-order valence-corrected chi connectivity index (χ0v) is 11.1. The Kier molecular flexibility index (Phi) is 4.86. The Morgan fingerprint density at radius 1 is 1.33 bits per heavy atom. The van der Waals surface area contributed by atoms with Crippen LogP contribution in [-0.4, -0.2) is 25.5 Å². The summed E-state index contributed by atoms with van der Waals surface area (Å²) >= 11 is 0. The second-order valence-electron chi connectivity index (χ2n) is 4.14. The third-order valence-corrected chi connectivity index (χ3v) is 4.27. The van der Waals surface area contributed by atoms with Gasteiger partial charge in [-0.1, -0.05) is 38.5 Å². The third kappa shape index (κ3) is 3.54. The molecule has 0 saturated carbocycles. The molecule has 0 saturated heterocycles. The van der Waals surface area contributed by atoms with Crippen molar-refractivity contribution in [1.82, 2.24) is 4.72 Å². The van der Waals surface area contributed by atoms with Gasteiger partial charge in [0.15, 0.2) is 0 Å². The van der Waals surface area contributed by atoms with Crippen LogP contribution >= 0.6 is 0 Å². The Balaban J connectivity index is 2.97. The van der Waals surface area contributed by atoms with E-state index in [0.717, 1.165) is 0 Å². The largest absolute Gasteiger partial charge is 0.480 e. The van der Waals surface area contributed by atoms with Gasteiger partial charge >= 0.3 is 5.97 Å². The number of rotatable bonds is 6. The number of nitrogens with one attached hydrogen (secondary N) is 1. The van der Waals surface area contributed by atoms with Gasteiger partial charge in [0.2, 0.25) is 10.0 Å². The number of benzene rings is 1. The summed E-state index contributed by atoms with van der Waals surface area (Å²) in [4.78, 5) is 11.2. The van der Waals surface area contributed by atoms with Gasteiger partial charge in [-0.05, 0) is 18.1 Å². The fourth-order valence-corrected chi connectivity index (χ4v) is 2.80. The zero-order valence-electron chi connectivity index (χ0n) is 10.3. The van der Waals surface area contributed by atoms with Gasteiger partial charge in [-0.15, -0.1) is 0 Å². The molecule has 0 aliphatic rings. The second-order valence-corrected chi connectivity index (χ2v) is 5.85. The maximum absolute atomic E-state index is 12.0. The molecular weight excluding hydrogens is 254 g/mol. The van der Waals surface area contributed by atoms with Crippen molar-refractivity contribution in [3.63, 3.8) is 0 Å². The average Bonchev–Trinajstić information content (AvgIpc) is 2.36. The molecule has 0 aromatic heterocycles. The van der Waals surface area contributed by atoms with Crippen LogP contribution in [-0.2, 0) is 14.8 Å². The molecular formula is C12H17NO4S. The Morgan fingerprint density at radius 3 is 2.33 bits per heavy atom. The van der Waals surface area contributed by atoms with Gasteiger partial charge in [-0.2, -0.15) is 4.72 Å². The lowest BCUT2D eigenvalue weighted by Gasteiger charge is -2.20. The lowest BCUT2D eigenvalue weighted by molar-refractivity contribution is -0.140. The van der Waals surface area contributed by atoms with Crippen LogP contribution < -0.4 is 4.72 Å². The smallest absolute Gasteiger partial charge is 0.322 e. The van der Waals surface area contributed by atoms with Gasteiger partial charge in [0.05, 0.1) is 4.90 Å². The molecule has 1 aromatic rings. The van der Waals surface area contributed by atoms with Gasteiger partial charge in [-0.3, -0.25) is 4.79 Å². The predicted molar refractivity (Wildman–Crippen MR) is 67.6 cm³/mol. The van der Waals surface area contributed by atoms with Gasteiger partial charge in [0, 0.05) is 0 Å². The van der Waals surface area contributed by atoms with E-state index in [1.165, 1.54) is 12.1 Å². The SMILES string of the molecule is CCC(C)C(NS(=O)(=O)c1ccccc1)C(=O)O. The Labute approximate surface area is 107 Å². The predicted octanol–water partition coefficient (Wildman–Crippen LogP) is 1.46. The molecule has 0 heterocycles. The van der Waals surface area contributed by atoms with Crippen LogP contribution in [0, 0.1) is 5.92 Å². The van der Waals surface area contributed by atoms with Gasteiger partial charge in [-0.25, -0.2) is 8.42 Å². The maximum atomic E-state index is 12.0. The van der Waals surface area contributed by atoms with Gasteiger partial charge in [0.1, 0.15) is 6.04 Å². The molecule has 0 spiro atoms. The molecule has 1 rings (SSSR count). The quantitative estimate of drug-likeness (QED) is 0.820. The molecule has 0 radical (unpaired) electrons. The normalized spacial score (nSPS) is 15.0. The minimum atomic E-state index is -3.79. The minimum absolute atomic E-state index is 0.0690. The lowest BCUT2D eigenvalue weighted by atomic mass is 10.0. The Bertz CT molecular complexity index is 498. The zero-order chi connectivity index (χ0) is 13.8. The van der Waals surface area contributed by atoms with Crippen LogP contribution in [0.5, 0.6) is 0 Å². The van der Waals surface area contributed by atoms with E-state index in [0.29, 0.717) is 6.42 Å². The number of hydrogen-bond donors (Lipinski definition) is 2. The molecule has 1 aromatic carbocycles. The summed E-state index contributed by atoms with van der Waals surface area (Å²) < 4.78 is 26.2. The number of hydrogen-bond acceptors (Lipinski definition) is 3. The van der Waals surface area contributed by atoms with Gasteiger partial charge in [0.25, 0.3) is 0 Å². The first-order valence-electron chi connectivity index (χ1n) is 5.68. The maximum Gasteiger partial charge on any atom is 0.322 e. The summed E-state index contributed by atoms with van der Waals surface area (Å²) in [7, 11) is -3.79. The summed E-state index contributed by atoms with van der Waals surface area (Å²) in [5, 5.41) is 9.06. The topological polar surface area (TPSA) is 83.5 Å². The molecule has 2 atom stereocenters. The van der Waals surface area contributed by atoms with E-state index < -0.39 is 22.0 Å². The van der Waals surface area contributed by atoms with Crippen molar-refractivity contribution in [2.24, 2.45) is 5.92 Å². The van der Waals surface area contributed by atoms with E-state index in [1.54, 1.807) is 25.1 Å². The molecule has 0 amide bonds. The number of carboxylic acid groups (broad SMARTS) is 1. The highest BCUT2D eigenvalue weighted by Crippen LogP contribution is 2.13. The molecule has 18 heavy (non-hydrogen) atoms. The van der Waals surface area contributed by atoms with Crippen LogP contribution in [0.1, 0.15) is 20.3 Å². The molecule has 0 fully saturated rings. The minimum Gasteiger partial charge on any atom is -0.480 e. The molecule has 6 heteroatoms. The van der Waals surface area contributed by atoms with Crippen LogP contribution in [0.25, 0.3) is 0 Å². The van der Waals surface area contributed by atoms with Crippen LogP contribution in [0.2, 0.25) is 0 Å². The van der Waals surface area contributed by atoms with Crippen molar-refractivity contribution in [1.29, 1.82) is 0 Å². The summed E-state index contributed by atoms with van der Waals surface area (Å²) in [6.07, 6.45) is 0.578. The molecule has 2 N–H and O–H groups in total. The summed E-state index contributed by atoms with van der Waals surface area (Å²) in [5.41, 5.74) is 0. The molecule has 0 aliphatic heterocycles. The summed E-state index contributed by atoms with van der Waals surface area (Å²) in [5.74, 6) is -1.44. The fraction of sp³-hybridized carbons (Fsp3) is 0.417. The molecule has 100 valence electrons. The highest BCUT2D eigenvalue weighted by Gasteiger charge is 2.29. The number of carbonyl (C=O) groups is 1. The average molecular weight is 271 g/mol. The Hall–Kier alpha value is -1.40. The first-order chi connectivity index (χ1) is 8.38. The highest BCUT2D eigenvalue weighted by atomic mass is 32.2. The van der Waals surface area contributed by atoms with Crippen molar-refractivity contribution in [3.05, 3.63) is 30.3 Å². The highest BCUT2D eigenvalue weighted by molar-refractivity contribution is 7.89. The van der Waals surface area contributed by atoms with Crippen molar-refractivity contribution in [2.45, 2.75) is 31.2 Å². The summed E-state index contributed by atoms with van der Waals surface area (Å²) in [6, 6.07) is 6.62. The molecule has 5 nitrogen and oxygen atoms in total. The van der Waals surface area contributed by atoms with Crippen molar-refractivity contribution >= 4 is 16.0 Å². The Morgan fingerprint density at radius 2 is 1.89 bits per heavy atom. The number of carboxylic acids is 1.